The Hall–Kier alpha value is -1.50. The second-order valence-electron chi connectivity index (χ2n) is 3.60. The van der Waals surface area contributed by atoms with Crippen molar-refractivity contribution in [2.45, 2.75) is 12.4 Å². The molecule has 0 unspecified atom stereocenters. The predicted molar refractivity (Wildman–Crippen MR) is 54.5 cm³/mol. The normalized spacial score (nSPS) is 12.6. The third kappa shape index (κ3) is 3.25. The molecule has 1 nitrogen and oxygen atoms in total. The Balaban J connectivity index is 3.44. The van der Waals surface area contributed by atoms with Gasteiger partial charge in [-0.1, -0.05) is 6.58 Å². The van der Waals surface area contributed by atoms with Crippen molar-refractivity contribution in [2.75, 3.05) is 6.54 Å². The summed E-state index contributed by atoms with van der Waals surface area (Å²) in [6.45, 7) is 3.11. The third-order valence-corrected chi connectivity index (χ3v) is 2.24. The Bertz CT molecular complexity index is 425. The maximum atomic E-state index is 12.5. The molecule has 1 aromatic carbocycles. The van der Waals surface area contributed by atoms with Crippen molar-refractivity contribution >= 4 is 5.57 Å². The lowest BCUT2D eigenvalue weighted by Crippen LogP contribution is -2.12. The zero-order valence-corrected chi connectivity index (χ0v) is 8.99. The average Bonchev–Trinajstić information content (AvgIpc) is 2.25. The van der Waals surface area contributed by atoms with E-state index in [2.05, 4.69) is 6.58 Å². The highest BCUT2D eigenvalue weighted by Crippen LogP contribution is 2.37. The molecule has 0 saturated heterocycles. The summed E-state index contributed by atoms with van der Waals surface area (Å²) in [6.07, 6.45) is -9.71. The molecule has 0 radical (unpaired) electrons. The second-order valence-corrected chi connectivity index (χ2v) is 3.60. The smallest absolute Gasteiger partial charge is 0.326 e. The first-order chi connectivity index (χ1) is 8.05. The van der Waals surface area contributed by atoms with E-state index in [0.717, 1.165) is 0 Å². The molecule has 1 aromatic rings. The molecule has 0 aliphatic heterocycles. The molecule has 0 fully saturated rings. The highest BCUT2D eigenvalue weighted by Gasteiger charge is 2.36. The van der Waals surface area contributed by atoms with Gasteiger partial charge in [0, 0.05) is 6.54 Å². The van der Waals surface area contributed by atoms with Gasteiger partial charge in [0.2, 0.25) is 0 Å². The van der Waals surface area contributed by atoms with Crippen LogP contribution in [0.5, 0.6) is 0 Å². The van der Waals surface area contributed by atoms with Crippen molar-refractivity contribution in [3.8, 4) is 0 Å². The summed E-state index contributed by atoms with van der Waals surface area (Å²) in [4.78, 5) is 0. The Morgan fingerprint density at radius 2 is 1.33 bits per heavy atom. The quantitative estimate of drug-likeness (QED) is 0.814. The standard InChI is InChI=1S/C11H9F6N/c1-6(5-18)7-2-8(10(12,13)14)4-9(3-7)11(15,16)17/h2-4H,1,5,18H2. The molecule has 18 heavy (non-hydrogen) atoms. The number of benzene rings is 1. The summed E-state index contributed by atoms with van der Waals surface area (Å²) in [7, 11) is 0. The highest BCUT2D eigenvalue weighted by atomic mass is 19.4. The first kappa shape index (κ1) is 14.6. The van der Waals surface area contributed by atoms with E-state index < -0.39 is 23.5 Å². The minimum Gasteiger partial charge on any atom is -0.326 e. The monoisotopic (exact) mass is 269 g/mol. The Labute approximate surface area is 98.9 Å². The van der Waals surface area contributed by atoms with E-state index in [-0.39, 0.29) is 23.7 Å². The molecule has 0 aromatic heterocycles. The van der Waals surface area contributed by atoms with Gasteiger partial charge in [-0.3, -0.25) is 0 Å². The van der Waals surface area contributed by atoms with Crippen LogP contribution >= 0.6 is 0 Å². The van der Waals surface area contributed by atoms with E-state index >= 15 is 0 Å². The van der Waals surface area contributed by atoms with Crippen LogP contribution in [0.1, 0.15) is 16.7 Å². The molecule has 0 atom stereocenters. The summed E-state index contributed by atoms with van der Waals surface area (Å²) in [5.74, 6) is 0. The summed E-state index contributed by atoms with van der Waals surface area (Å²) in [5.41, 5.74) is 2.16. The van der Waals surface area contributed by atoms with Crippen LogP contribution in [0.25, 0.3) is 5.57 Å². The van der Waals surface area contributed by atoms with Crippen molar-refractivity contribution < 1.29 is 26.3 Å². The molecule has 0 bridgehead atoms. The van der Waals surface area contributed by atoms with Gasteiger partial charge in [0.05, 0.1) is 11.1 Å². The molecule has 0 spiro atoms. The van der Waals surface area contributed by atoms with Crippen molar-refractivity contribution in [2.24, 2.45) is 5.73 Å². The van der Waals surface area contributed by atoms with Crippen molar-refractivity contribution in [1.29, 1.82) is 0 Å². The first-order valence-corrected chi connectivity index (χ1v) is 4.73. The van der Waals surface area contributed by atoms with Crippen molar-refractivity contribution in [3.63, 3.8) is 0 Å². The molecular formula is C11H9F6N. The highest BCUT2D eigenvalue weighted by molar-refractivity contribution is 5.66. The van der Waals surface area contributed by atoms with Crippen LogP contribution in [0.4, 0.5) is 26.3 Å². The fourth-order valence-electron chi connectivity index (χ4n) is 1.28. The molecular weight excluding hydrogens is 260 g/mol. The molecule has 0 aliphatic rings. The minimum atomic E-state index is -4.86. The van der Waals surface area contributed by atoms with Gasteiger partial charge in [-0.15, -0.1) is 0 Å². The van der Waals surface area contributed by atoms with Gasteiger partial charge in [0.15, 0.2) is 0 Å². The number of rotatable bonds is 2. The van der Waals surface area contributed by atoms with Crippen LogP contribution in [0.15, 0.2) is 24.8 Å². The van der Waals surface area contributed by atoms with E-state index in [1.807, 2.05) is 0 Å². The molecule has 2 N–H and O–H groups in total. The molecule has 0 amide bonds. The Kier molecular flexibility index (Phi) is 3.75. The third-order valence-electron chi connectivity index (χ3n) is 2.24. The summed E-state index contributed by atoms with van der Waals surface area (Å²) >= 11 is 0. The van der Waals surface area contributed by atoms with Gasteiger partial charge in [-0.25, -0.2) is 0 Å². The van der Waals surface area contributed by atoms with Crippen LogP contribution in [0.3, 0.4) is 0 Å². The number of halogens is 6. The van der Waals surface area contributed by atoms with Crippen LogP contribution < -0.4 is 5.73 Å². The van der Waals surface area contributed by atoms with Crippen molar-refractivity contribution in [3.05, 3.63) is 41.5 Å². The fraction of sp³-hybridized carbons (Fsp3) is 0.273. The van der Waals surface area contributed by atoms with Gasteiger partial charge in [-0.05, 0) is 29.3 Å². The number of hydrogen-bond acceptors (Lipinski definition) is 1. The predicted octanol–water partition coefficient (Wildman–Crippen LogP) is 3.70. The van der Waals surface area contributed by atoms with Gasteiger partial charge in [0.1, 0.15) is 0 Å². The molecule has 1 rings (SSSR count). The van der Waals surface area contributed by atoms with E-state index in [1.165, 1.54) is 0 Å². The van der Waals surface area contributed by atoms with Gasteiger partial charge in [-0.2, -0.15) is 26.3 Å². The van der Waals surface area contributed by atoms with Crippen LogP contribution in [-0.4, -0.2) is 6.54 Å². The van der Waals surface area contributed by atoms with Gasteiger partial charge in [0.25, 0.3) is 0 Å². The molecule has 0 saturated carbocycles. The lowest BCUT2D eigenvalue weighted by atomic mass is 10.00. The van der Waals surface area contributed by atoms with E-state index in [1.54, 1.807) is 0 Å². The van der Waals surface area contributed by atoms with Gasteiger partial charge >= 0.3 is 12.4 Å². The second kappa shape index (κ2) is 4.64. The van der Waals surface area contributed by atoms with Crippen LogP contribution in [0.2, 0.25) is 0 Å². The Morgan fingerprint density at radius 1 is 0.944 bits per heavy atom. The molecule has 0 aliphatic carbocycles. The average molecular weight is 269 g/mol. The summed E-state index contributed by atoms with van der Waals surface area (Å²) in [5, 5.41) is 0. The van der Waals surface area contributed by atoms with E-state index in [0.29, 0.717) is 12.1 Å². The SMILES string of the molecule is C=C(CN)c1cc(C(F)(F)F)cc(C(F)(F)F)c1. The zero-order valence-electron chi connectivity index (χ0n) is 8.99. The summed E-state index contributed by atoms with van der Waals surface area (Å²) < 4.78 is 74.9. The van der Waals surface area contributed by atoms with Gasteiger partial charge < -0.3 is 5.73 Å². The fourth-order valence-corrected chi connectivity index (χ4v) is 1.28. The topological polar surface area (TPSA) is 26.0 Å². The first-order valence-electron chi connectivity index (χ1n) is 4.73. The zero-order chi connectivity index (χ0) is 14.1. The maximum absolute atomic E-state index is 12.5. The minimum absolute atomic E-state index is 0.00611. The molecule has 100 valence electrons. The van der Waals surface area contributed by atoms with Crippen LogP contribution in [0, 0.1) is 0 Å². The number of nitrogens with two attached hydrogens (primary N) is 1. The van der Waals surface area contributed by atoms with E-state index in [9.17, 15) is 26.3 Å². The van der Waals surface area contributed by atoms with E-state index in [4.69, 9.17) is 5.73 Å². The largest absolute Gasteiger partial charge is 0.416 e. The molecule has 7 heteroatoms. The molecule has 0 heterocycles. The number of alkyl halides is 6. The van der Waals surface area contributed by atoms with Crippen molar-refractivity contribution in [1.82, 2.24) is 0 Å². The lowest BCUT2D eigenvalue weighted by molar-refractivity contribution is -0.143. The Morgan fingerprint density at radius 3 is 1.61 bits per heavy atom. The summed E-state index contributed by atoms with van der Waals surface area (Å²) in [6, 6.07) is 1.27. The van der Waals surface area contributed by atoms with Crippen LogP contribution in [-0.2, 0) is 12.4 Å². The lowest BCUT2D eigenvalue weighted by Gasteiger charge is -2.14. The maximum Gasteiger partial charge on any atom is 0.416 e. The number of hydrogen-bond donors (Lipinski definition) is 1.